The molecule has 1 unspecified atom stereocenters. The van der Waals surface area contributed by atoms with Crippen molar-refractivity contribution >= 4 is 5.97 Å². The van der Waals surface area contributed by atoms with Gasteiger partial charge in [0.2, 0.25) is 0 Å². The van der Waals surface area contributed by atoms with Crippen molar-refractivity contribution in [2.24, 2.45) is 0 Å². The quantitative estimate of drug-likeness (QED) is 0.514. The largest absolute Gasteiger partial charge is 0.476 e. The average Bonchev–Trinajstić information content (AvgIpc) is 2.61. The molecule has 5 heteroatoms. The first-order chi connectivity index (χ1) is 7.70. The monoisotopic (exact) mass is 229 g/mol. The Balaban J connectivity index is 2.63. The van der Waals surface area contributed by atoms with E-state index in [1.54, 1.807) is 6.92 Å². The molecule has 0 aliphatic carbocycles. The molecule has 0 amide bonds. The van der Waals surface area contributed by atoms with E-state index in [1.165, 1.54) is 0 Å². The van der Waals surface area contributed by atoms with Crippen LogP contribution in [0.4, 0.5) is 0 Å². The molecule has 1 atom stereocenters. The normalized spacial score (nSPS) is 19.6. The predicted octanol–water partition coefficient (Wildman–Crippen LogP) is 0.542. The molecule has 0 radical (unpaired) electrons. The number of carbonyl (C=O) groups excluding carboxylic acids is 1. The third kappa shape index (κ3) is 3.13. The van der Waals surface area contributed by atoms with E-state index in [0.29, 0.717) is 5.88 Å². The minimum absolute atomic E-state index is 0.114. The van der Waals surface area contributed by atoms with Gasteiger partial charge in [0.05, 0.1) is 6.61 Å². The van der Waals surface area contributed by atoms with Gasteiger partial charge in [-0.1, -0.05) is 13.3 Å². The molecule has 1 rings (SSSR count). The number of esters is 1. The molecule has 16 heavy (non-hydrogen) atoms. The smallest absolute Gasteiger partial charge is 0.342 e. The molecule has 0 spiro atoms. The zero-order chi connectivity index (χ0) is 12.0. The number of aliphatic hydroxyl groups is 1. The fourth-order valence-electron chi connectivity index (χ4n) is 1.44. The SMILES string of the molecule is CCCCNC1=C(C(=O)OCC)C(O)CO1. The van der Waals surface area contributed by atoms with Crippen molar-refractivity contribution in [3.8, 4) is 0 Å². The third-order valence-corrected chi connectivity index (χ3v) is 2.27. The molecule has 5 nitrogen and oxygen atoms in total. The first-order valence-corrected chi connectivity index (χ1v) is 5.66. The molecule has 92 valence electrons. The Hall–Kier alpha value is -1.23. The first-order valence-electron chi connectivity index (χ1n) is 5.66. The Morgan fingerprint density at radius 3 is 3.00 bits per heavy atom. The maximum absolute atomic E-state index is 11.5. The molecule has 0 aromatic rings. The molecule has 1 heterocycles. The second-order valence-electron chi connectivity index (χ2n) is 3.57. The fraction of sp³-hybridized carbons (Fsp3) is 0.727. The Kier molecular flexibility index (Phi) is 5.11. The summed E-state index contributed by atoms with van der Waals surface area (Å²) in [6.07, 6.45) is 1.15. The molecule has 0 bridgehead atoms. The van der Waals surface area contributed by atoms with Gasteiger partial charge in [0, 0.05) is 6.54 Å². The minimum Gasteiger partial charge on any atom is -0.476 e. The summed E-state index contributed by atoms with van der Waals surface area (Å²) in [5.74, 6) is -0.147. The van der Waals surface area contributed by atoms with Gasteiger partial charge in [-0.2, -0.15) is 0 Å². The van der Waals surface area contributed by atoms with Crippen LogP contribution >= 0.6 is 0 Å². The summed E-state index contributed by atoms with van der Waals surface area (Å²) in [6.45, 7) is 4.93. The maximum atomic E-state index is 11.5. The second-order valence-corrected chi connectivity index (χ2v) is 3.57. The van der Waals surface area contributed by atoms with Crippen LogP contribution in [-0.4, -0.2) is 36.9 Å². The highest BCUT2D eigenvalue weighted by Gasteiger charge is 2.32. The Bertz CT molecular complexity index is 275. The number of nitrogens with one attached hydrogen (secondary N) is 1. The lowest BCUT2D eigenvalue weighted by atomic mass is 10.2. The van der Waals surface area contributed by atoms with Crippen LogP contribution in [0.1, 0.15) is 26.7 Å². The van der Waals surface area contributed by atoms with Crippen molar-refractivity contribution in [2.75, 3.05) is 19.8 Å². The Morgan fingerprint density at radius 1 is 1.62 bits per heavy atom. The van der Waals surface area contributed by atoms with Crippen molar-refractivity contribution in [3.05, 3.63) is 11.5 Å². The van der Waals surface area contributed by atoms with E-state index in [9.17, 15) is 9.90 Å². The molecule has 1 aliphatic heterocycles. The van der Waals surface area contributed by atoms with Crippen LogP contribution in [0.25, 0.3) is 0 Å². The van der Waals surface area contributed by atoms with Gasteiger partial charge in [0.15, 0.2) is 5.88 Å². The van der Waals surface area contributed by atoms with Crippen molar-refractivity contribution < 1.29 is 19.4 Å². The molecular formula is C11H19NO4. The van der Waals surface area contributed by atoms with Gasteiger partial charge in [-0.25, -0.2) is 4.79 Å². The van der Waals surface area contributed by atoms with Gasteiger partial charge in [-0.3, -0.25) is 0 Å². The number of rotatable bonds is 6. The number of aliphatic hydroxyl groups excluding tert-OH is 1. The molecule has 0 saturated heterocycles. The highest BCUT2D eigenvalue weighted by molar-refractivity contribution is 5.90. The van der Waals surface area contributed by atoms with Gasteiger partial charge in [0.1, 0.15) is 18.3 Å². The van der Waals surface area contributed by atoms with Crippen LogP contribution in [0.5, 0.6) is 0 Å². The molecule has 0 saturated carbocycles. The van der Waals surface area contributed by atoms with Crippen LogP contribution < -0.4 is 5.32 Å². The van der Waals surface area contributed by atoms with Crippen LogP contribution in [0.2, 0.25) is 0 Å². The summed E-state index contributed by atoms with van der Waals surface area (Å²) in [7, 11) is 0. The van der Waals surface area contributed by atoms with Crippen molar-refractivity contribution in [1.82, 2.24) is 5.32 Å². The lowest BCUT2D eigenvalue weighted by Gasteiger charge is -2.08. The highest BCUT2D eigenvalue weighted by Crippen LogP contribution is 2.19. The molecular weight excluding hydrogens is 210 g/mol. The topological polar surface area (TPSA) is 67.8 Å². The fourth-order valence-corrected chi connectivity index (χ4v) is 1.44. The zero-order valence-electron chi connectivity index (χ0n) is 9.78. The molecule has 0 aromatic heterocycles. The highest BCUT2D eigenvalue weighted by atomic mass is 16.5. The van der Waals surface area contributed by atoms with E-state index in [0.717, 1.165) is 19.4 Å². The standard InChI is InChI=1S/C11H19NO4/c1-3-5-6-12-10-9(8(13)7-16-10)11(14)15-4-2/h8,12-13H,3-7H2,1-2H3. The van der Waals surface area contributed by atoms with Crippen molar-refractivity contribution in [3.63, 3.8) is 0 Å². The van der Waals surface area contributed by atoms with Crippen LogP contribution in [-0.2, 0) is 14.3 Å². The summed E-state index contributed by atoms with van der Waals surface area (Å²) in [6, 6.07) is 0. The maximum Gasteiger partial charge on any atom is 0.342 e. The third-order valence-electron chi connectivity index (χ3n) is 2.27. The predicted molar refractivity (Wildman–Crippen MR) is 58.5 cm³/mol. The Morgan fingerprint density at radius 2 is 2.38 bits per heavy atom. The second kappa shape index (κ2) is 6.37. The molecule has 1 aliphatic rings. The number of carbonyl (C=O) groups is 1. The number of hydrogen-bond donors (Lipinski definition) is 2. The van der Waals surface area contributed by atoms with Gasteiger partial charge in [-0.15, -0.1) is 0 Å². The zero-order valence-corrected chi connectivity index (χ0v) is 9.78. The van der Waals surface area contributed by atoms with Crippen LogP contribution in [0.15, 0.2) is 11.5 Å². The molecule has 0 fully saturated rings. The van der Waals surface area contributed by atoms with Crippen molar-refractivity contribution in [2.45, 2.75) is 32.8 Å². The lowest BCUT2D eigenvalue weighted by Crippen LogP contribution is -2.22. The van der Waals surface area contributed by atoms with Gasteiger partial charge in [-0.05, 0) is 13.3 Å². The van der Waals surface area contributed by atoms with E-state index in [1.807, 2.05) is 0 Å². The van der Waals surface area contributed by atoms with E-state index in [2.05, 4.69) is 12.2 Å². The van der Waals surface area contributed by atoms with Gasteiger partial charge in [0.25, 0.3) is 0 Å². The lowest BCUT2D eigenvalue weighted by molar-refractivity contribution is -0.139. The van der Waals surface area contributed by atoms with Gasteiger partial charge < -0.3 is 19.9 Å². The van der Waals surface area contributed by atoms with Crippen molar-refractivity contribution in [1.29, 1.82) is 0 Å². The van der Waals surface area contributed by atoms with Crippen LogP contribution in [0.3, 0.4) is 0 Å². The summed E-state index contributed by atoms with van der Waals surface area (Å²) in [5, 5.41) is 12.6. The summed E-state index contributed by atoms with van der Waals surface area (Å²) < 4.78 is 10.1. The number of ether oxygens (including phenoxy) is 2. The molecule has 2 N–H and O–H groups in total. The summed E-state index contributed by atoms with van der Waals surface area (Å²) in [4.78, 5) is 11.5. The van der Waals surface area contributed by atoms with E-state index in [-0.39, 0.29) is 18.8 Å². The molecule has 0 aromatic carbocycles. The van der Waals surface area contributed by atoms with E-state index < -0.39 is 12.1 Å². The van der Waals surface area contributed by atoms with Crippen LogP contribution in [0, 0.1) is 0 Å². The number of hydrogen-bond acceptors (Lipinski definition) is 5. The Labute approximate surface area is 95.4 Å². The first kappa shape index (κ1) is 12.8. The number of unbranched alkanes of at least 4 members (excludes halogenated alkanes) is 1. The van der Waals surface area contributed by atoms with Gasteiger partial charge >= 0.3 is 5.97 Å². The summed E-state index contributed by atoms with van der Waals surface area (Å²) >= 11 is 0. The van der Waals surface area contributed by atoms with E-state index >= 15 is 0 Å². The minimum atomic E-state index is -0.886. The van der Waals surface area contributed by atoms with E-state index in [4.69, 9.17) is 9.47 Å². The summed E-state index contributed by atoms with van der Waals surface area (Å²) in [5.41, 5.74) is 0.206. The average molecular weight is 229 g/mol.